The van der Waals surface area contributed by atoms with E-state index in [2.05, 4.69) is 5.32 Å². The highest BCUT2D eigenvalue weighted by Gasteiger charge is 2.40. The lowest BCUT2D eigenvalue weighted by atomic mass is 9.72. The van der Waals surface area contributed by atoms with Crippen molar-refractivity contribution in [1.82, 2.24) is 5.32 Å². The summed E-state index contributed by atoms with van der Waals surface area (Å²) in [5, 5.41) is 22.2. The van der Waals surface area contributed by atoms with Crippen molar-refractivity contribution in [3.05, 3.63) is 29.3 Å². The van der Waals surface area contributed by atoms with Gasteiger partial charge in [0.1, 0.15) is 5.75 Å². The zero-order chi connectivity index (χ0) is 17.4. The minimum absolute atomic E-state index is 0.00641. The van der Waals surface area contributed by atoms with Crippen molar-refractivity contribution in [2.24, 2.45) is 17.6 Å². The van der Waals surface area contributed by atoms with Gasteiger partial charge in [0.15, 0.2) is 0 Å². The molecule has 0 saturated heterocycles. The quantitative estimate of drug-likeness (QED) is 0.587. The molecule has 5 N–H and O–H groups in total. The first-order valence-electron chi connectivity index (χ1n) is 8.12. The number of hydrogen-bond acceptors (Lipinski definition) is 5. The zero-order valence-electron chi connectivity index (χ0n) is 13.4. The van der Waals surface area contributed by atoms with Gasteiger partial charge in [-0.1, -0.05) is 19.1 Å². The lowest BCUT2D eigenvalue weighted by molar-refractivity contribution is -0.125. The SMILES string of the molecule is CC1CC(C(=O)NC2Cc3cccc(C(=O)O)c3OB2O)CC1N. The van der Waals surface area contributed by atoms with Crippen LogP contribution >= 0.6 is 0 Å². The number of rotatable bonds is 3. The maximum Gasteiger partial charge on any atom is 0.547 e. The summed E-state index contributed by atoms with van der Waals surface area (Å²) in [5.41, 5.74) is 6.63. The molecule has 1 aromatic rings. The third-order valence-corrected chi connectivity index (χ3v) is 4.99. The van der Waals surface area contributed by atoms with Crippen molar-refractivity contribution in [3.8, 4) is 5.75 Å². The summed E-state index contributed by atoms with van der Waals surface area (Å²) in [5.74, 6) is -1.56. The molecule has 8 heteroatoms. The molecule has 3 rings (SSSR count). The monoisotopic (exact) mass is 332 g/mol. The van der Waals surface area contributed by atoms with Gasteiger partial charge in [0.05, 0.1) is 11.5 Å². The molecule has 4 unspecified atom stereocenters. The molecule has 0 bridgehead atoms. The van der Waals surface area contributed by atoms with Gasteiger partial charge in [-0.25, -0.2) is 4.79 Å². The molecule has 2 aliphatic rings. The minimum Gasteiger partial charge on any atom is -0.534 e. The molecule has 1 aromatic carbocycles. The maximum atomic E-state index is 12.4. The second kappa shape index (κ2) is 6.45. The molecule has 1 amide bonds. The number of nitrogens with one attached hydrogen (secondary N) is 1. The number of carbonyl (C=O) groups is 2. The van der Waals surface area contributed by atoms with Gasteiger partial charge in [-0.15, -0.1) is 0 Å². The number of carboxylic acids is 1. The molecule has 0 radical (unpaired) electrons. The van der Waals surface area contributed by atoms with E-state index in [-0.39, 0.29) is 29.2 Å². The van der Waals surface area contributed by atoms with Gasteiger partial charge >= 0.3 is 13.1 Å². The summed E-state index contributed by atoms with van der Waals surface area (Å²) >= 11 is 0. The molecule has 1 aliphatic heterocycles. The van der Waals surface area contributed by atoms with E-state index in [0.717, 1.165) is 6.42 Å². The number of amides is 1. The second-order valence-corrected chi connectivity index (χ2v) is 6.74. The Bertz CT molecular complexity index is 658. The van der Waals surface area contributed by atoms with Crippen LogP contribution in [0.2, 0.25) is 0 Å². The van der Waals surface area contributed by atoms with Crippen molar-refractivity contribution in [3.63, 3.8) is 0 Å². The van der Waals surface area contributed by atoms with Crippen LogP contribution in [0.25, 0.3) is 0 Å². The predicted octanol–water partition coefficient (Wildman–Crippen LogP) is 0.198. The van der Waals surface area contributed by atoms with Gasteiger partial charge in [-0.05, 0) is 36.8 Å². The molecule has 0 spiro atoms. The van der Waals surface area contributed by atoms with Crippen LogP contribution in [0.5, 0.6) is 5.75 Å². The number of fused-ring (bicyclic) bond motifs is 1. The zero-order valence-corrected chi connectivity index (χ0v) is 13.4. The number of nitrogens with two attached hydrogens (primary N) is 1. The number of benzene rings is 1. The van der Waals surface area contributed by atoms with Crippen LogP contribution in [0, 0.1) is 11.8 Å². The fourth-order valence-corrected chi connectivity index (χ4v) is 3.51. The van der Waals surface area contributed by atoms with Crippen LogP contribution in [0.3, 0.4) is 0 Å². The molecule has 0 aromatic heterocycles. The molecule has 1 saturated carbocycles. The van der Waals surface area contributed by atoms with Gasteiger partial charge in [0, 0.05) is 12.0 Å². The largest absolute Gasteiger partial charge is 0.547 e. The number of hydrogen-bond donors (Lipinski definition) is 4. The van der Waals surface area contributed by atoms with Crippen LogP contribution in [0.15, 0.2) is 18.2 Å². The van der Waals surface area contributed by atoms with E-state index in [1.807, 2.05) is 6.92 Å². The standard InChI is InChI=1S/C16H21BN2O5/c1-8-5-10(6-12(8)18)15(20)19-13-7-9-3-2-4-11(16(21)22)14(9)24-17(13)23/h2-4,8,10,12-13,23H,5-7,18H2,1H3,(H,19,20)(H,21,22). The van der Waals surface area contributed by atoms with Crippen LogP contribution < -0.4 is 15.7 Å². The fourth-order valence-electron chi connectivity index (χ4n) is 3.51. The normalized spacial score (nSPS) is 28.9. The third-order valence-electron chi connectivity index (χ3n) is 4.99. The summed E-state index contributed by atoms with van der Waals surface area (Å²) in [6.07, 6.45) is 1.69. The minimum atomic E-state index is -1.28. The van der Waals surface area contributed by atoms with E-state index in [4.69, 9.17) is 10.4 Å². The smallest absolute Gasteiger partial charge is 0.534 e. The van der Waals surface area contributed by atoms with Crippen LogP contribution in [0.4, 0.5) is 0 Å². The highest BCUT2D eigenvalue weighted by Crippen LogP contribution is 2.32. The number of carbonyl (C=O) groups excluding carboxylic acids is 1. The van der Waals surface area contributed by atoms with Crippen molar-refractivity contribution < 1.29 is 24.4 Å². The topological polar surface area (TPSA) is 122 Å². The van der Waals surface area contributed by atoms with E-state index < -0.39 is 19.0 Å². The summed E-state index contributed by atoms with van der Waals surface area (Å²) in [7, 11) is -1.28. The first-order chi connectivity index (χ1) is 11.4. The van der Waals surface area contributed by atoms with E-state index in [1.165, 1.54) is 6.07 Å². The highest BCUT2D eigenvalue weighted by molar-refractivity contribution is 6.47. The Kier molecular flexibility index (Phi) is 4.51. The Morgan fingerprint density at radius 3 is 2.75 bits per heavy atom. The Hall–Kier alpha value is -2.06. The van der Waals surface area contributed by atoms with Gasteiger partial charge < -0.3 is 25.8 Å². The predicted molar refractivity (Wildman–Crippen MR) is 87.5 cm³/mol. The average Bonchev–Trinajstić information content (AvgIpc) is 2.87. The van der Waals surface area contributed by atoms with Gasteiger partial charge in [0.2, 0.25) is 5.91 Å². The molecule has 7 nitrogen and oxygen atoms in total. The first kappa shape index (κ1) is 16.8. The first-order valence-corrected chi connectivity index (χ1v) is 8.12. The molecular weight excluding hydrogens is 311 g/mol. The molecule has 1 aliphatic carbocycles. The average molecular weight is 332 g/mol. The van der Waals surface area contributed by atoms with Crippen molar-refractivity contribution in [2.75, 3.05) is 0 Å². The second-order valence-electron chi connectivity index (χ2n) is 6.74. The summed E-state index contributed by atoms with van der Waals surface area (Å²) < 4.78 is 5.38. The number of para-hydroxylation sites is 1. The van der Waals surface area contributed by atoms with Crippen LogP contribution in [0.1, 0.15) is 35.7 Å². The van der Waals surface area contributed by atoms with Crippen molar-refractivity contribution >= 4 is 19.0 Å². The third kappa shape index (κ3) is 3.11. The van der Waals surface area contributed by atoms with Crippen LogP contribution in [-0.4, -0.2) is 41.1 Å². The molecule has 1 heterocycles. The van der Waals surface area contributed by atoms with Crippen molar-refractivity contribution in [1.29, 1.82) is 0 Å². The molecule has 24 heavy (non-hydrogen) atoms. The van der Waals surface area contributed by atoms with E-state index in [1.54, 1.807) is 12.1 Å². The van der Waals surface area contributed by atoms with Gasteiger partial charge in [0.25, 0.3) is 0 Å². The van der Waals surface area contributed by atoms with Crippen LogP contribution in [-0.2, 0) is 11.2 Å². The van der Waals surface area contributed by atoms with E-state index >= 15 is 0 Å². The highest BCUT2D eigenvalue weighted by atomic mass is 16.5. The lowest BCUT2D eigenvalue weighted by Crippen LogP contribution is -2.54. The lowest BCUT2D eigenvalue weighted by Gasteiger charge is -2.29. The Morgan fingerprint density at radius 2 is 2.12 bits per heavy atom. The van der Waals surface area contributed by atoms with Gasteiger partial charge in [-0.3, -0.25) is 4.79 Å². The van der Waals surface area contributed by atoms with E-state index in [0.29, 0.717) is 24.3 Å². The fraction of sp³-hybridized carbons (Fsp3) is 0.500. The van der Waals surface area contributed by atoms with Gasteiger partial charge in [-0.2, -0.15) is 0 Å². The van der Waals surface area contributed by atoms with Crippen molar-refractivity contribution in [2.45, 2.75) is 38.2 Å². The number of aromatic carboxylic acids is 1. The molecule has 128 valence electrons. The molecule has 1 fully saturated rings. The van der Waals surface area contributed by atoms with E-state index in [9.17, 15) is 19.7 Å². The summed E-state index contributed by atoms with van der Waals surface area (Å²) in [6, 6.07) is 4.81. The molecule has 4 atom stereocenters. The Balaban J connectivity index is 1.72. The Labute approximate surface area is 140 Å². The summed E-state index contributed by atoms with van der Waals surface area (Å²) in [6.45, 7) is 2.03. The molecular formula is C16H21BN2O5. The summed E-state index contributed by atoms with van der Waals surface area (Å²) in [4.78, 5) is 23.6. The Morgan fingerprint density at radius 1 is 1.38 bits per heavy atom. The maximum absolute atomic E-state index is 12.4. The number of carboxylic acid groups (broad SMARTS) is 1.